The van der Waals surface area contributed by atoms with Crippen LogP contribution in [0.3, 0.4) is 0 Å². The van der Waals surface area contributed by atoms with E-state index in [1.54, 1.807) is 11.7 Å². The zero-order chi connectivity index (χ0) is 12.7. The fourth-order valence-corrected chi connectivity index (χ4v) is 3.24. The van der Waals surface area contributed by atoms with E-state index < -0.39 is 6.10 Å². The van der Waals surface area contributed by atoms with Gasteiger partial charge in [0.15, 0.2) is 4.60 Å². The van der Waals surface area contributed by atoms with Crippen LogP contribution in [0.1, 0.15) is 32.6 Å². The van der Waals surface area contributed by atoms with Crippen molar-refractivity contribution >= 4 is 15.9 Å². The van der Waals surface area contributed by atoms with E-state index in [0.29, 0.717) is 16.2 Å². The molecular weight excluding hydrogens is 286 g/mol. The van der Waals surface area contributed by atoms with E-state index >= 15 is 0 Å². The Hall–Kier alpha value is -0.460. The highest BCUT2D eigenvalue weighted by atomic mass is 79.9. The van der Waals surface area contributed by atoms with Crippen LogP contribution >= 0.6 is 15.9 Å². The maximum atomic E-state index is 10.5. The molecule has 2 rings (SSSR count). The average Bonchev–Trinajstić information content (AvgIpc) is 2.69. The molecule has 5 atom stereocenters. The molecule has 1 N–H and O–H groups in total. The van der Waals surface area contributed by atoms with Gasteiger partial charge in [-0.05, 0) is 35.7 Å². The van der Waals surface area contributed by atoms with Gasteiger partial charge in [-0.15, -0.1) is 5.10 Å². The number of halogens is 1. The highest BCUT2D eigenvalue weighted by molar-refractivity contribution is 9.10. The highest BCUT2D eigenvalue weighted by Crippen LogP contribution is 2.41. The standard InChI is InChI=1S/C11H18BrN3O2/c1-5-6(2)17-7(3)8(5)10(16)9-11(12)13-14-15(9)4/h5-8,10,16H,1-4H3. The van der Waals surface area contributed by atoms with E-state index in [-0.39, 0.29) is 18.1 Å². The molecule has 0 bridgehead atoms. The Morgan fingerprint density at radius 2 is 2.00 bits per heavy atom. The summed E-state index contributed by atoms with van der Waals surface area (Å²) in [4.78, 5) is 0. The summed E-state index contributed by atoms with van der Waals surface area (Å²) < 4.78 is 7.97. The maximum Gasteiger partial charge on any atom is 0.154 e. The maximum absolute atomic E-state index is 10.5. The molecule has 1 aromatic rings. The smallest absolute Gasteiger partial charge is 0.154 e. The van der Waals surface area contributed by atoms with Crippen molar-refractivity contribution in [3.8, 4) is 0 Å². The summed E-state index contributed by atoms with van der Waals surface area (Å²) in [5.41, 5.74) is 0.714. The van der Waals surface area contributed by atoms with E-state index in [9.17, 15) is 5.11 Å². The highest BCUT2D eigenvalue weighted by Gasteiger charge is 2.43. The average molecular weight is 304 g/mol. The number of hydrogen-bond donors (Lipinski definition) is 1. The molecule has 1 saturated heterocycles. The lowest BCUT2D eigenvalue weighted by Gasteiger charge is -2.24. The van der Waals surface area contributed by atoms with Gasteiger partial charge in [0, 0.05) is 13.0 Å². The second-order valence-electron chi connectivity index (χ2n) is 4.82. The number of hydrogen-bond acceptors (Lipinski definition) is 4. The molecular formula is C11H18BrN3O2. The van der Waals surface area contributed by atoms with Crippen LogP contribution in [-0.4, -0.2) is 32.3 Å². The zero-order valence-corrected chi connectivity index (χ0v) is 12.0. The molecule has 1 fully saturated rings. The van der Waals surface area contributed by atoms with Crippen LogP contribution in [0.5, 0.6) is 0 Å². The van der Waals surface area contributed by atoms with Gasteiger partial charge in [0.25, 0.3) is 0 Å². The van der Waals surface area contributed by atoms with E-state index in [1.165, 1.54) is 0 Å². The second-order valence-corrected chi connectivity index (χ2v) is 5.57. The second kappa shape index (κ2) is 4.66. The first-order valence-electron chi connectivity index (χ1n) is 5.82. The Kier molecular flexibility index (Phi) is 3.56. The monoisotopic (exact) mass is 303 g/mol. The predicted octanol–water partition coefficient (Wildman–Crippen LogP) is 1.67. The van der Waals surface area contributed by atoms with Gasteiger partial charge in [-0.3, -0.25) is 0 Å². The minimum absolute atomic E-state index is 0.0387. The van der Waals surface area contributed by atoms with Crippen LogP contribution in [0.4, 0.5) is 0 Å². The minimum Gasteiger partial charge on any atom is -0.386 e. The topological polar surface area (TPSA) is 60.2 Å². The quantitative estimate of drug-likeness (QED) is 0.903. The molecule has 0 saturated carbocycles. The molecule has 0 aromatic carbocycles. The van der Waals surface area contributed by atoms with Crippen molar-refractivity contribution < 1.29 is 9.84 Å². The number of aryl methyl sites for hydroxylation is 1. The van der Waals surface area contributed by atoms with Crippen LogP contribution in [0.25, 0.3) is 0 Å². The van der Waals surface area contributed by atoms with Gasteiger partial charge in [0.1, 0.15) is 11.8 Å². The van der Waals surface area contributed by atoms with E-state index in [0.717, 1.165) is 0 Å². The Morgan fingerprint density at radius 3 is 2.41 bits per heavy atom. The Labute approximate surface area is 109 Å². The van der Waals surface area contributed by atoms with Crippen LogP contribution < -0.4 is 0 Å². The summed E-state index contributed by atoms with van der Waals surface area (Å²) >= 11 is 3.32. The first kappa shape index (κ1) is 13.0. The number of aliphatic hydroxyl groups is 1. The fraction of sp³-hybridized carbons (Fsp3) is 0.818. The molecule has 1 aromatic heterocycles. The lowest BCUT2D eigenvalue weighted by Crippen LogP contribution is -2.26. The Morgan fingerprint density at radius 1 is 1.35 bits per heavy atom. The summed E-state index contributed by atoms with van der Waals surface area (Å²) in [7, 11) is 1.78. The molecule has 0 aliphatic carbocycles. The van der Waals surface area contributed by atoms with Gasteiger partial charge < -0.3 is 9.84 Å². The van der Waals surface area contributed by atoms with Crippen molar-refractivity contribution in [2.45, 2.75) is 39.1 Å². The molecule has 5 unspecified atom stereocenters. The van der Waals surface area contributed by atoms with Crippen molar-refractivity contribution in [3.05, 3.63) is 10.3 Å². The van der Waals surface area contributed by atoms with Gasteiger partial charge in [-0.2, -0.15) is 0 Å². The number of ether oxygens (including phenoxy) is 1. The lowest BCUT2D eigenvalue weighted by atomic mass is 9.84. The summed E-state index contributed by atoms with van der Waals surface area (Å²) in [5.74, 6) is 0.375. The van der Waals surface area contributed by atoms with Crippen LogP contribution in [0.2, 0.25) is 0 Å². The first-order valence-corrected chi connectivity index (χ1v) is 6.61. The largest absolute Gasteiger partial charge is 0.386 e. The number of nitrogens with zero attached hydrogens (tertiary/aromatic N) is 3. The van der Waals surface area contributed by atoms with Gasteiger partial charge in [-0.1, -0.05) is 12.1 Å². The molecule has 1 aliphatic rings. The van der Waals surface area contributed by atoms with E-state index in [4.69, 9.17) is 4.74 Å². The van der Waals surface area contributed by atoms with Crippen molar-refractivity contribution in [1.82, 2.24) is 15.0 Å². The van der Waals surface area contributed by atoms with Crippen LogP contribution in [-0.2, 0) is 11.8 Å². The number of aromatic nitrogens is 3. The molecule has 6 heteroatoms. The number of rotatable bonds is 2. The van der Waals surface area contributed by atoms with Crippen LogP contribution in [0, 0.1) is 11.8 Å². The molecule has 17 heavy (non-hydrogen) atoms. The molecule has 1 aliphatic heterocycles. The van der Waals surface area contributed by atoms with E-state index in [1.807, 2.05) is 13.8 Å². The third-order valence-corrected chi connectivity index (χ3v) is 4.36. The summed E-state index contributed by atoms with van der Waals surface area (Å²) in [6.07, 6.45) is -0.402. The van der Waals surface area contributed by atoms with Gasteiger partial charge in [-0.25, -0.2) is 4.68 Å². The summed E-state index contributed by atoms with van der Waals surface area (Å²) in [5, 5.41) is 18.3. The third kappa shape index (κ3) is 2.13. The van der Waals surface area contributed by atoms with Gasteiger partial charge in [0.05, 0.1) is 12.2 Å². The SMILES string of the molecule is CC1OC(C)C(C(O)c2c(Br)nnn2C)C1C. The molecule has 5 nitrogen and oxygen atoms in total. The third-order valence-electron chi connectivity index (χ3n) is 3.79. The number of aliphatic hydroxyl groups excluding tert-OH is 1. The van der Waals surface area contributed by atoms with E-state index in [2.05, 4.69) is 33.2 Å². The minimum atomic E-state index is -0.612. The molecule has 2 heterocycles. The van der Waals surface area contributed by atoms with Crippen molar-refractivity contribution in [3.63, 3.8) is 0 Å². The molecule has 0 spiro atoms. The zero-order valence-electron chi connectivity index (χ0n) is 10.5. The van der Waals surface area contributed by atoms with Crippen LogP contribution in [0.15, 0.2) is 4.60 Å². The van der Waals surface area contributed by atoms with Crippen molar-refractivity contribution in [1.29, 1.82) is 0 Å². The van der Waals surface area contributed by atoms with Crippen molar-refractivity contribution in [2.24, 2.45) is 18.9 Å². The fourth-order valence-electron chi connectivity index (χ4n) is 2.67. The van der Waals surface area contributed by atoms with Crippen molar-refractivity contribution in [2.75, 3.05) is 0 Å². The predicted molar refractivity (Wildman–Crippen MR) is 66.3 cm³/mol. The Bertz CT molecular complexity index is 390. The summed E-state index contributed by atoms with van der Waals surface area (Å²) in [6.45, 7) is 6.16. The van der Waals surface area contributed by atoms with Gasteiger partial charge >= 0.3 is 0 Å². The first-order chi connectivity index (χ1) is 7.93. The summed E-state index contributed by atoms with van der Waals surface area (Å²) in [6, 6.07) is 0. The molecule has 0 amide bonds. The van der Waals surface area contributed by atoms with Gasteiger partial charge in [0.2, 0.25) is 0 Å². The molecule has 0 radical (unpaired) electrons. The normalized spacial score (nSPS) is 35.2. The Balaban J connectivity index is 2.29. The lowest BCUT2D eigenvalue weighted by molar-refractivity contribution is 0.0203. The molecule has 96 valence electrons.